The predicted octanol–water partition coefficient (Wildman–Crippen LogP) is 7.59. The summed E-state index contributed by atoms with van der Waals surface area (Å²) in [6.07, 6.45) is 10.2. The summed E-state index contributed by atoms with van der Waals surface area (Å²) in [6.45, 7) is 4.59. The van der Waals surface area contributed by atoms with Crippen LogP contribution in [0.15, 0.2) is 72.8 Å². The smallest absolute Gasteiger partial charge is 0.105 e. The third-order valence-electron chi connectivity index (χ3n) is 12.2. The van der Waals surface area contributed by atoms with E-state index in [4.69, 9.17) is 0 Å². The van der Waals surface area contributed by atoms with Gasteiger partial charge in [0.15, 0.2) is 0 Å². The first-order chi connectivity index (χ1) is 19.2. The number of benzene rings is 4. The van der Waals surface area contributed by atoms with Crippen molar-refractivity contribution in [2.75, 3.05) is 0 Å². The lowest BCUT2D eigenvalue weighted by atomic mass is 9.70. The SMILES string of the molecule is c1cc2c3c(c1)C[N+]1(Cc4cccc5c4C3(CC2)CC5)Cc2cccc3c2C2(CC3)CCc3cccc(c32)C1. The first kappa shape index (κ1) is 21.6. The van der Waals surface area contributed by atoms with Crippen molar-refractivity contribution < 1.29 is 4.48 Å². The Hall–Kier alpha value is -3.16. The lowest BCUT2D eigenvalue weighted by molar-refractivity contribution is -0.979. The summed E-state index contributed by atoms with van der Waals surface area (Å²) in [5.41, 5.74) is 20.7. The molecule has 0 bridgehead atoms. The van der Waals surface area contributed by atoms with Gasteiger partial charge < -0.3 is 4.48 Å². The molecule has 4 aromatic rings. The molecule has 0 saturated carbocycles. The van der Waals surface area contributed by atoms with Crippen molar-refractivity contribution in [2.24, 2.45) is 0 Å². The number of hydrogen-bond acceptors (Lipinski definition) is 0. The molecule has 0 atom stereocenters. The second kappa shape index (κ2) is 7.12. The van der Waals surface area contributed by atoms with Crippen LogP contribution in [0.5, 0.6) is 0 Å². The van der Waals surface area contributed by atoms with Gasteiger partial charge in [-0.15, -0.1) is 0 Å². The standard InChI is InChI=1S/C38H36N/c1-5-25-13-17-37-18-14-26-6-2-10-30(34(26)37)22-39(21-29(9-1)33(25)37)23-31-11-3-7-27-15-19-38(35(27)31)20-16-28-8-4-12-32(24-39)36(28)38/h1-12H,13-24H2/q+1. The summed E-state index contributed by atoms with van der Waals surface area (Å²) in [6, 6.07) is 29.4. The van der Waals surface area contributed by atoms with Crippen molar-refractivity contribution in [2.45, 2.75) is 88.4 Å². The van der Waals surface area contributed by atoms with Crippen molar-refractivity contribution in [3.63, 3.8) is 0 Å². The first-order valence-corrected chi connectivity index (χ1v) is 15.5. The molecule has 0 amide bonds. The Labute approximate surface area is 232 Å². The molecule has 0 unspecified atom stereocenters. The molecule has 1 heteroatoms. The average molecular weight is 507 g/mol. The van der Waals surface area contributed by atoms with Gasteiger partial charge in [-0.2, -0.15) is 0 Å². The van der Waals surface area contributed by atoms with Crippen molar-refractivity contribution in [1.29, 1.82) is 0 Å². The van der Waals surface area contributed by atoms with Gasteiger partial charge in [-0.3, -0.25) is 0 Å². The Morgan fingerprint density at radius 1 is 0.359 bits per heavy atom. The van der Waals surface area contributed by atoms with Crippen LogP contribution in [0.1, 0.15) is 92.4 Å². The molecule has 39 heavy (non-hydrogen) atoms. The van der Waals surface area contributed by atoms with E-state index in [2.05, 4.69) is 72.8 Å². The van der Waals surface area contributed by atoms with E-state index in [1.807, 2.05) is 0 Å². The van der Waals surface area contributed by atoms with Crippen LogP contribution in [-0.2, 0) is 62.7 Å². The lowest BCUT2D eigenvalue weighted by Gasteiger charge is -2.46. The summed E-state index contributed by atoms with van der Waals surface area (Å²) in [5.74, 6) is 0. The largest absolute Gasteiger partial charge is 0.309 e. The maximum Gasteiger partial charge on any atom is 0.105 e. The lowest BCUT2D eigenvalue weighted by Crippen LogP contribution is -2.49. The summed E-state index contributed by atoms with van der Waals surface area (Å²) < 4.78 is 1.12. The van der Waals surface area contributed by atoms with Crippen molar-refractivity contribution in [3.8, 4) is 0 Å². The van der Waals surface area contributed by atoms with Gasteiger partial charge in [0.2, 0.25) is 0 Å². The third-order valence-corrected chi connectivity index (χ3v) is 12.2. The molecule has 3 spiro atoms. The molecule has 0 fully saturated rings. The van der Waals surface area contributed by atoms with E-state index in [1.165, 1.54) is 51.4 Å². The van der Waals surface area contributed by atoms with Crippen LogP contribution >= 0.6 is 0 Å². The fourth-order valence-corrected chi connectivity index (χ4v) is 11.1. The molecule has 1 nitrogen and oxygen atoms in total. The monoisotopic (exact) mass is 506 g/mol. The zero-order valence-corrected chi connectivity index (χ0v) is 22.9. The zero-order valence-electron chi connectivity index (χ0n) is 22.9. The number of hydrogen-bond donors (Lipinski definition) is 0. The van der Waals surface area contributed by atoms with Crippen LogP contribution in [0.25, 0.3) is 0 Å². The number of aryl methyl sites for hydroxylation is 4. The topological polar surface area (TPSA) is 0 Å². The van der Waals surface area contributed by atoms with E-state index in [1.54, 1.807) is 66.8 Å². The quantitative estimate of drug-likeness (QED) is 0.216. The predicted molar refractivity (Wildman–Crippen MR) is 156 cm³/mol. The molecule has 0 N–H and O–H groups in total. The molecule has 0 radical (unpaired) electrons. The van der Waals surface area contributed by atoms with Gasteiger partial charge >= 0.3 is 0 Å². The second-order valence-electron chi connectivity index (χ2n) is 13.9. The van der Waals surface area contributed by atoms with Gasteiger partial charge in [-0.05, 0) is 95.9 Å². The van der Waals surface area contributed by atoms with E-state index in [0.29, 0.717) is 0 Å². The minimum Gasteiger partial charge on any atom is -0.309 e. The summed E-state index contributed by atoms with van der Waals surface area (Å²) in [5, 5.41) is 0. The van der Waals surface area contributed by atoms with E-state index in [0.717, 1.165) is 30.7 Å². The van der Waals surface area contributed by atoms with Crippen LogP contribution in [0.4, 0.5) is 0 Å². The maximum absolute atomic E-state index is 2.52. The fraction of sp³-hybridized carbons (Fsp3) is 0.368. The zero-order chi connectivity index (χ0) is 25.4. The van der Waals surface area contributed by atoms with Crippen molar-refractivity contribution >= 4 is 0 Å². The molecule has 4 aliphatic carbocycles. The highest BCUT2D eigenvalue weighted by Gasteiger charge is 2.53. The highest BCUT2D eigenvalue weighted by atomic mass is 15.4. The highest BCUT2D eigenvalue weighted by molar-refractivity contribution is 5.61. The average Bonchev–Trinajstić information content (AvgIpc) is 3.70. The molecule has 10 rings (SSSR count). The Bertz CT molecular complexity index is 1480. The molecular weight excluding hydrogens is 470 g/mol. The van der Waals surface area contributed by atoms with E-state index in [-0.39, 0.29) is 10.8 Å². The molecule has 0 aromatic heterocycles. The molecular formula is C38H36N+. The Balaban J connectivity index is 1.27. The summed E-state index contributed by atoms with van der Waals surface area (Å²) in [7, 11) is 0. The van der Waals surface area contributed by atoms with Crippen LogP contribution < -0.4 is 0 Å². The molecule has 2 aliphatic heterocycles. The van der Waals surface area contributed by atoms with Gasteiger partial charge in [-0.1, -0.05) is 72.8 Å². The van der Waals surface area contributed by atoms with Crippen LogP contribution in [0.2, 0.25) is 0 Å². The normalized spacial score (nSPS) is 22.8. The van der Waals surface area contributed by atoms with Gasteiger partial charge in [-0.25, -0.2) is 0 Å². The van der Waals surface area contributed by atoms with Crippen LogP contribution in [-0.4, -0.2) is 4.48 Å². The second-order valence-corrected chi connectivity index (χ2v) is 13.9. The summed E-state index contributed by atoms with van der Waals surface area (Å²) in [4.78, 5) is 0. The highest BCUT2D eigenvalue weighted by Crippen LogP contribution is 2.59. The van der Waals surface area contributed by atoms with E-state index in [9.17, 15) is 0 Å². The van der Waals surface area contributed by atoms with Crippen molar-refractivity contribution in [1.82, 2.24) is 0 Å². The number of quaternary nitrogens is 1. The molecule has 6 aliphatic rings. The Morgan fingerprint density at radius 2 is 0.615 bits per heavy atom. The van der Waals surface area contributed by atoms with Crippen LogP contribution in [0, 0.1) is 0 Å². The first-order valence-electron chi connectivity index (χ1n) is 15.5. The minimum absolute atomic E-state index is 0.266. The Morgan fingerprint density at radius 3 is 0.897 bits per heavy atom. The van der Waals surface area contributed by atoms with E-state index >= 15 is 0 Å². The van der Waals surface area contributed by atoms with Crippen molar-refractivity contribution in [3.05, 3.63) is 140 Å². The van der Waals surface area contributed by atoms with Gasteiger partial charge in [0, 0.05) is 33.1 Å². The summed E-state index contributed by atoms with van der Waals surface area (Å²) >= 11 is 0. The van der Waals surface area contributed by atoms with Gasteiger partial charge in [0.05, 0.1) is 0 Å². The Kier molecular flexibility index (Phi) is 3.95. The van der Waals surface area contributed by atoms with Crippen LogP contribution in [0.3, 0.4) is 0 Å². The molecule has 2 heterocycles. The van der Waals surface area contributed by atoms with Gasteiger partial charge in [0.1, 0.15) is 26.2 Å². The number of nitrogens with zero attached hydrogens (tertiary/aromatic N) is 1. The maximum atomic E-state index is 2.52. The van der Waals surface area contributed by atoms with E-state index < -0.39 is 0 Å². The molecule has 192 valence electrons. The third kappa shape index (κ3) is 2.57. The van der Waals surface area contributed by atoms with Gasteiger partial charge in [0.25, 0.3) is 0 Å². The fourth-order valence-electron chi connectivity index (χ4n) is 11.1. The molecule has 4 aromatic carbocycles. The number of rotatable bonds is 0. The minimum atomic E-state index is 0.266. The molecule has 0 saturated heterocycles.